The second-order valence-electron chi connectivity index (χ2n) is 7.22. The Morgan fingerprint density at radius 1 is 1.25 bits per heavy atom. The molecule has 1 saturated heterocycles. The van der Waals surface area contributed by atoms with E-state index in [-0.39, 0.29) is 11.9 Å². The predicted octanol–water partition coefficient (Wildman–Crippen LogP) is 3.48. The molecule has 1 atom stereocenters. The number of aromatic nitrogens is 3. The van der Waals surface area contributed by atoms with Gasteiger partial charge >= 0.3 is 0 Å². The van der Waals surface area contributed by atoms with E-state index in [2.05, 4.69) is 10.1 Å². The van der Waals surface area contributed by atoms with Crippen molar-refractivity contribution in [3.8, 4) is 11.3 Å². The van der Waals surface area contributed by atoms with Gasteiger partial charge in [0.05, 0.1) is 23.0 Å². The molecule has 144 valence electrons. The lowest BCUT2D eigenvalue weighted by molar-refractivity contribution is 0.0733. The van der Waals surface area contributed by atoms with E-state index in [4.69, 9.17) is 9.51 Å². The molecule has 7 heteroatoms. The Labute approximate surface area is 164 Å². The molecule has 0 N–H and O–H groups in total. The zero-order valence-electron chi connectivity index (χ0n) is 16.3. The molecular formula is C21H23N5O2. The maximum absolute atomic E-state index is 13.1. The van der Waals surface area contributed by atoms with E-state index >= 15 is 0 Å². The third-order valence-corrected chi connectivity index (χ3v) is 4.95. The summed E-state index contributed by atoms with van der Waals surface area (Å²) in [5.74, 6) is 1.25. The van der Waals surface area contributed by atoms with Crippen LogP contribution in [-0.4, -0.2) is 46.6 Å². The summed E-state index contributed by atoms with van der Waals surface area (Å²) in [5, 5.41) is 4.00. The highest BCUT2D eigenvalue weighted by Gasteiger charge is 2.34. The average molecular weight is 377 g/mol. The van der Waals surface area contributed by atoms with Crippen LogP contribution in [0.5, 0.6) is 0 Å². The van der Waals surface area contributed by atoms with E-state index in [0.717, 1.165) is 29.8 Å². The van der Waals surface area contributed by atoms with E-state index in [1.165, 1.54) is 0 Å². The first-order chi connectivity index (χ1) is 13.5. The maximum Gasteiger partial charge on any atom is 0.254 e. The molecule has 2 aromatic heterocycles. The van der Waals surface area contributed by atoms with Gasteiger partial charge in [-0.25, -0.2) is 9.97 Å². The minimum atomic E-state index is -0.130. The summed E-state index contributed by atoms with van der Waals surface area (Å²) in [6.07, 6.45) is 3.54. The van der Waals surface area contributed by atoms with Crippen molar-refractivity contribution in [1.82, 2.24) is 20.0 Å². The second-order valence-corrected chi connectivity index (χ2v) is 7.22. The van der Waals surface area contributed by atoms with Gasteiger partial charge in [0.25, 0.3) is 5.91 Å². The molecule has 1 aliphatic heterocycles. The number of nitrogens with zero attached hydrogens (tertiary/aromatic N) is 5. The number of benzene rings is 1. The van der Waals surface area contributed by atoms with Gasteiger partial charge in [-0.3, -0.25) is 4.79 Å². The number of amides is 1. The average Bonchev–Trinajstić information content (AvgIpc) is 3.36. The van der Waals surface area contributed by atoms with Crippen molar-refractivity contribution in [3.05, 3.63) is 59.5 Å². The molecule has 3 heterocycles. The monoisotopic (exact) mass is 377 g/mol. The highest BCUT2D eigenvalue weighted by atomic mass is 16.5. The van der Waals surface area contributed by atoms with Crippen molar-refractivity contribution >= 4 is 11.9 Å². The first-order valence-corrected chi connectivity index (χ1v) is 9.38. The fraction of sp³-hybridized carbons (Fsp3) is 0.333. The Morgan fingerprint density at radius 3 is 2.71 bits per heavy atom. The second kappa shape index (κ2) is 7.42. The zero-order valence-corrected chi connectivity index (χ0v) is 16.3. The molecule has 0 saturated carbocycles. The third-order valence-electron chi connectivity index (χ3n) is 4.95. The molecule has 1 aliphatic rings. The van der Waals surface area contributed by atoms with Crippen LogP contribution in [0.3, 0.4) is 0 Å². The molecule has 1 fully saturated rings. The normalized spacial score (nSPS) is 16.4. The summed E-state index contributed by atoms with van der Waals surface area (Å²) in [4.78, 5) is 26.1. The van der Waals surface area contributed by atoms with E-state index < -0.39 is 0 Å². The summed E-state index contributed by atoms with van der Waals surface area (Å²) in [6, 6.07) is 11.1. The van der Waals surface area contributed by atoms with Crippen molar-refractivity contribution in [3.63, 3.8) is 0 Å². The van der Waals surface area contributed by atoms with Crippen LogP contribution in [0.25, 0.3) is 11.3 Å². The highest BCUT2D eigenvalue weighted by molar-refractivity contribution is 5.94. The van der Waals surface area contributed by atoms with Gasteiger partial charge in [0.2, 0.25) is 5.95 Å². The van der Waals surface area contributed by atoms with E-state index in [1.54, 1.807) is 6.20 Å². The standard InChI is InChI=1S/C21H23N5O2/c1-14-12-18(28-24-14)16-13-22-21(25(2)3)23-19(16)17-10-7-11-26(17)20(27)15-8-5-4-6-9-15/h4-6,8-9,12-13,17H,7,10-11H2,1-3H3/t17-/m1/s1. The number of likely N-dealkylation sites (tertiary alicyclic amines) is 1. The number of hydrogen-bond donors (Lipinski definition) is 0. The highest BCUT2D eigenvalue weighted by Crippen LogP contribution is 2.38. The van der Waals surface area contributed by atoms with Crippen molar-refractivity contribution in [2.24, 2.45) is 0 Å². The van der Waals surface area contributed by atoms with Crippen LogP contribution in [-0.2, 0) is 0 Å². The first kappa shape index (κ1) is 18.2. The fourth-order valence-electron chi connectivity index (χ4n) is 3.58. The molecule has 0 aliphatic carbocycles. The van der Waals surface area contributed by atoms with Crippen LogP contribution in [0.1, 0.15) is 40.6 Å². The molecule has 28 heavy (non-hydrogen) atoms. The minimum Gasteiger partial charge on any atom is -0.356 e. The van der Waals surface area contributed by atoms with Gasteiger partial charge in [0, 0.05) is 38.5 Å². The lowest BCUT2D eigenvalue weighted by Crippen LogP contribution is -2.31. The molecule has 4 rings (SSSR count). The molecule has 0 radical (unpaired) electrons. The van der Waals surface area contributed by atoms with E-state index in [1.807, 2.05) is 67.2 Å². The van der Waals surface area contributed by atoms with Crippen molar-refractivity contribution in [1.29, 1.82) is 0 Å². The Kier molecular flexibility index (Phi) is 4.81. The van der Waals surface area contributed by atoms with Gasteiger partial charge in [0.1, 0.15) is 0 Å². The van der Waals surface area contributed by atoms with Gasteiger partial charge < -0.3 is 14.3 Å². The number of carbonyl (C=O) groups is 1. The SMILES string of the molecule is Cc1cc(-c2cnc(N(C)C)nc2[C@H]2CCCN2C(=O)c2ccccc2)on1. The molecule has 0 bridgehead atoms. The maximum atomic E-state index is 13.1. The van der Waals surface area contributed by atoms with Gasteiger partial charge in [-0.1, -0.05) is 23.4 Å². The number of aryl methyl sites for hydroxylation is 1. The summed E-state index contributed by atoms with van der Waals surface area (Å²) >= 11 is 0. The van der Waals surface area contributed by atoms with Crippen molar-refractivity contribution < 1.29 is 9.32 Å². The van der Waals surface area contributed by atoms with E-state index in [0.29, 0.717) is 23.8 Å². The Morgan fingerprint density at radius 2 is 2.04 bits per heavy atom. The van der Waals surface area contributed by atoms with Crippen LogP contribution in [0.15, 0.2) is 47.1 Å². The van der Waals surface area contributed by atoms with Crippen molar-refractivity contribution in [2.75, 3.05) is 25.5 Å². The van der Waals surface area contributed by atoms with Crippen molar-refractivity contribution in [2.45, 2.75) is 25.8 Å². The number of rotatable bonds is 4. The third kappa shape index (κ3) is 3.35. The van der Waals surface area contributed by atoms with Crippen LogP contribution < -0.4 is 4.90 Å². The van der Waals surface area contributed by atoms with Crippen LogP contribution in [0.2, 0.25) is 0 Å². The quantitative estimate of drug-likeness (QED) is 0.693. The predicted molar refractivity (Wildman–Crippen MR) is 106 cm³/mol. The lowest BCUT2D eigenvalue weighted by atomic mass is 10.0. The first-order valence-electron chi connectivity index (χ1n) is 9.38. The molecule has 1 amide bonds. The summed E-state index contributed by atoms with van der Waals surface area (Å²) in [5.41, 5.74) is 3.07. The lowest BCUT2D eigenvalue weighted by Gasteiger charge is -2.26. The zero-order chi connectivity index (χ0) is 19.7. The van der Waals surface area contributed by atoms with Crippen LogP contribution in [0, 0.1) is 6.92 Å². The van der Waals surface area contributed by atoms with Gasteiger partial charge in [0.15, 0.2) is 5.76 Å². The van der Waals surface area contributed by atoms with Crippen LogP contribution in [0.4, 0.5) is 5.95 Å². The summed E-state index contributed by atoms with van der Waals surface area (Å²) in [6.45, 7) is 2.58. The topological polar surface area (TPSA) is 75.4 Å². The van der Waals surface area contributed by atoms with Gasteiger partial charge in [-0.05, 0) is 31.9 Å². The number of anilines is 1. The molecule has 7 nitrogen and oxygen atoms in total. The molecule has 0 spiro atoms. The molecule has 0 unspecified atom stereocenters. The summed E-state index contributed by atoms with van der Waals surface area (Å²) in [7, 11) is 3.80. The number of hydrogen-bond acceptors (Lipinski definition) is 6. The van der Waals surface area contributed by atoms with Gasteiger partial charge in [-0.2, -0.15) is 0 Å². The van der Waals surface area contributed by atoms with E-state index in [9.17, 15) is 4.79 Å². The Bertz CT molecular complexity index is 983. The minimum absolute atomic E-state index is 0.0211. The molecule has 3 aromatic rings. The number of carbonyl (C=O) groups excluding carboxylic acids is 1. The van der Waals surface area contributed by atoms with Gasteiger partial charge in [-0.15, -0.1) is 0 Å². The molecular weight excluding hydrogens is 354 g/mol. The van der Waals surface area contributed by atoms with Crippen LogP contribution >= 0.6 is 0 Å². The smallest absolute Gasteiger partial charge is 0.254 e. The largest absolute Gasteiger partial charge is 0.356 e. The molecule has 1 aromatic carbocycles. The Balaban J connectivity index is 1.77. The Hall–Kier alpha value is -3.22. The summed E-state index contributed by atoms with van der Waals surface area (Å²) < 4.78 is 5.48. The fourth-order valence-corrected chi connectivity index (χ4v) is 3.58.